The summed E-state index contributed by atoms with van der Waals surface area (Å²) in [6.07, 6.45) is 2.80. The third kappa shape index (κ3) is 4.86. The van der Waals surface area contributed by atoms with Gasteiger partial charge in [0.05, 0.1) is 0 Å². The van der Waals surface area contributed by atoms with Gasteiger partial charge in [0, 0.05) is 35.2 Å². The molecular formula is C10H18N2OS2. The van der Waals surface area contributed by atoms with Crippen molar-refractivity contribution in [2.75, 3.05) is 18.5 Å². The molecule has 0 fully saturated rings. The fourth-order valence-corrected chi connectivity index (χ4v) is 3.01. The zero-order chi connectivity index (χ0) is 11.1. The molecule has 0 saturated heterocycles. The molecule has 0 radical (unpaired) electrons. The second kappa shape index (κ2) is 7.09. The summed E-state index contributed by atoms with van der Waals surface area (Å²) in [5.41, 5.74) is 0. The number of thiazole rings is 1. The van der Waals surface area contributed by atoms with Crippen LogP contribution in [0.4, 0.5) is 5.13 Å². The first-order valence-corrected chi connectivity index (χ1v) is 7.03. The van der Waals surface area contributed by atoms with Gasteiger partial charge in [0.25, 0.3) is 0 Å². The summed E-state index contributed by atoms with van der Waals surface area (Å²) in [6.45, 7) is 5.41. The first-order chi connectivity index (χ1) is 7.26. The highest BCUT2D eigenvalue weighted by Gasteiger charge is 2.05. The number of thioether (sulfide) groups is 1. The Bertz CT molecular complexity index is 278. The number of hydrogen-bond donors (Lipinski definition) is 2. The smallest absolute Gasteiger partial charge is 0.182 e. The van der Waals surface area contributed by atoms with E-state index in [9.17, 15) is 0 Å². The third-order valence-electron chi connectivity index (χ3n) is 1.93. The Hall–Kier alpha value is -0.260. The van der Waals surface area contributed by atoms with Crippen LogP contribution in [0.2, 0.25) is 0 Å². The molecule has 0 saturated carbocycles. The van der Waals surface area contributed by atoms with Gasteiger partial charge in [-0.05, 0) is 13.3 Å². The lowest BCUT2D eigenvalue weighted by Gasteiger charge is -2.07. The van der Waals surface area contributed by atoms with E-state index in [1.165, 1.54) is 4.88 Å². The molecule has 0 aliphatic carbocycles. The Morgan fingerprint density at radius 3 is 3.13 bits per heavy atom. The van der Waals surface area contributed by atoms with Crippen LogP contribution in [0.3, 0.4) is 0 Å². The van der Waals surface area contributed by atoms with Crippen LogP contribution < -0.4 is 5.32 Å². The summed E-state index contributed by atoms with van der Waals surface area (Å²) < 4.78 is 0. The van der Waals surface area contributed by atoms with E-state index >= 15 is 0 Å². The Balaban J connectivity index is 2.30. The van der Waals surface area contributed by atoms with Crippen LogP contribution in [0, 0.1) is 0 Å². The van der Waals surface area contributed by atoms with Crippen LogP contribution >= 0.6 is 23.1 Å². The van der Waals surface area contributed by atoms with Gasteiger partial charge < -0.3 is 10.4 Å². The fraction of sp³-hybridized carbons (Fsp3) is 0.700. The number of aromatic nitrogens is 1. The molecule has 5 heteroatoms. The molecule has 0 aliphatic heterocycles. The standard InChI is InChI=1S/C10H18N2OS2/c1-3-11-10-12-6-9(15-10)7-14-8(2)4-5-13/h6,8,13H,3-5,7H2,1-2H3,(H,11,12). The molecule has 0 aromatic carbocycles. The molecule has 1 atom stereocenters. The normalized spacial score (nSPS) is 12.7. The molecule has 15 heavy (non-hydrogen) atoms. The summed E-state index contributed by atoms with van der Waals surface area (Å²) in [5, 5.41) is 13.5. The highest BCUT2D eigenvalue weighted by Crippen LogP contribution is 2.25. The van der Waals surface area contributed by atoms with Crippen molar-refractivity contribution in [1.29, 1.82) is 0 Å². The first-order valence-electron chi connectivity index (χ1n) is 5.17. The van der Waals surface area contributed by atoms with Crippen molar-refractivity contribution in [1.82, 2.24) is 4.98 Å². The maximum Gasteiger partial charge on any atom is 0.182 e. The molecule has 1 aromatic heterocycles. The Labute approximate surface area is 99.3 Å². The molecule has 0 amide bonds. The zero-order valence-electron chi connectivity index (χ0n) is 9.19. The predicted molar refractivity (Wildman–Crippen MR) is 68.7 cm³/mol. The molecule has 0 spiro atoms. The van der Waals surface area contributed by atoms with Gasteiger partial charge in [-0.15, -0.1) is 11.3 Å². The Kier molecular flexibility index (Phi) is 6.05. The molecule has 2 N–H and O–H groups in total. The lowest BCUT2D eigenvalue weighted by molar-refractivity contribution is 0.289. The maximum absolute atomic E-state index is 8.77. The maximum atomic E-state index is 8.77. The van der Waals surface area contributed by atoms with E-state index in [2.05, 4.69) is 24.1 Å². The topological polar surface area (TPSA) is 45.2 Å². The quantitative estimate of drug-likeness (QED) is 0.776. The predicted octanol–water partition coefficient (Wildman–Crippen LogP) is 2.58. The van der Waals surface area contributed by atoms with Crippen molar-refractivity contribution < 1.29 is 5.11 Å². The highest BCUT2D eigenvalue weighted by atomic mass is 32.2. The average Bonchev–Trinajstić information content (AvgIpc) is 2.64. The molecule has 1 aromatic rings. The van der Waals surface area contributed by atoms with Crippen molar-refractivity contribution in [2.24, 2.45) is 0 Å². The van der Waals surface area contributed by atoms with Gasteiger partial charge in [0.2, 0.25) is 0 Å². The average molecular weight is 246 g/mol. The molecule has 1 heterocycles. The van der Waals surface area contributed by atoms with Crippen LogP contribution in [-0.4, -0.2) is 28.5 Å². The van der Waals surface area contributed by atoms with Crippen molar-refractivity contribution in [2.45, 2.75) is 31.3 Å². The first kappa shape index (κ1) is 12.8. The number of anilines is 1. The zero-order valence-corrected chi connectivity index (χ0v) is 10.8. The van der Waals surface area contributed by atoms with E-state index < -0.39 is 0 Å². The van der Waals surface area contributed by atoms with E-state index in [0.29, 0.717) is 5.25 Å². The summed E-state index contributed by atoms with van der Waals surface area (Å²) in [7, 11) is 0. The lowest BCUT2D eigenvalue weighted by atomic mass is 10.3. The van der Waals surface area contributed by atoms with E-state index in [1.54, 1.807) is 11.3 Å². The number of rotatable bonds is 7. The van der Waals surface area contributed by atoms with Crippen LogP contribution in [0.15, 0.2) is 6.20 Å². The van der Waals surface area contributed by atoms with E-state index in [0.717, 1.165) is 23.8 Å². The van der Waals surface area contributed by atoms with Gasteiger partial charge in [-0.1, -0.05) is 6.92 Å². The largest absolute Gasteiger partial charge is 0.396 e. The van der Waals surface area contributed by atoms with Crippen molar-refractivity contribution in [3.8, 4) is 0 Å². The number of aliphatic hydroxyl groups excluding tert-OH is 1. The minimum absolute atomic E-state index is 0.277. The third-order valence-corrected chi connectivity index (χ3v) is 4.35. The van der Waals surface area contributed by atoms with E-state index in [4.69, 9.17) is 5.11 Å². The van der Waals surface area contributed by atoms with Crippen LogP contribution in [0.1, 0.15) is 25.1 Å². The summed E-state index contributed by atoms with van der Waals surface area (Å²) in [5.74, 6) is 0.990. The van der Waals surface area contributed by atoms with Gasteiger partial charge in [-0.2, -0.15) is 11.8 Å². The van der Waals surface area contributed by atoms with Gasteiger partial charge >= 0.3 is 0 Å². The van der Waals surface area contributed by atoms with Gasteiger partial charge in [0.15, 0.2) is 5.13 Å². The molecule has 1 unspecified atom stereocenters. The van der Waals surface area contributed by atoms with Crippen LogP contribution in [0.5, 0.6) is 0 Å². The summed E-state index contributed by atoms with van der Waals surface area (Å²) in [6, 6.07) is 0. The second-order valence-corrected chi connectivity index (χ2v) is 5.84. The van der Waals surface area contributed by atoms with Gasteiger partial charge in [-0.25, -0.2) is 4.98 Å². The number of hydrogen-bond acceptors (Lipinski definition) is 5. The number of nitrogens with zero attached hydrogens (tertiary/aromatic N) is 1. The summed E-state index contributed by atoms with van der Waals surface area (Å²) in [4.78, 5) is 5.57. The van der Waals surface area contributed by atoms with E-state index in [-0.39, 0.29) is 6.61 Å². The lowest BCUT2D eigenvalue weighted by Crippen LogP contribution is -1.99. The minimum Gasteiger partial charge on any atom is -0.396 e. The number of nitrogens with one attached hydrogen (secondary N) is 1. The Morgan fingerprint density at radius 2 is 2.47 bits per heavy atom. The SMILES string of the molecule is CCNc1ncc(CSC(C)CCO)s1. The highest BCUT2D eigenvalue weighted by molar-refractivity contribution is 7.99. The molecule has 86 valence electrons. The molecular weight excluding hydrogens is 228 g/mol. The van der Waals surface area contributed by atoms with Gasteiger partial charge in [-0.3, -0.25) is 0 Å². The fourth-order valence-electron chi connectivity index (χ4n) is 1.10. The van der Waals surface area contributed by atoms with Crippen LogP contribution in [0.25, 0.3) is 0 Å². The second-order valence-electron chi connectivity index (χ2n) is 3.30. The van der Waals surface area contributed by atoms with E-state index in [1.807, 2.05) is 18.0 Å². The monoisotopic (exact) mass is 246 g/mol. The molecule has 0 bridgehead atoms. The van der Waals surface area contributed by atoms with Crippen molar-refractivity contribution in [3.05, 3.63) is 11.1 Å². The number of aliphatic hydroxyl groups is 1. The summed E-state index contributed by atoms with van der Waals surface area (Å²) >= 11 is 3.58. The van der Waals surface area contributed by atoms with Gasteiger partial charge in [0.1, 0.15) is 0 Å². The van der Waals surface area contributed by atoms with Crippen molar-refractivity contribution >= 4 is 28.2 Å². The molecule has 1 rings (SSSR count). The molecule has 0 aliphatic rings. The molecule has 3 nitrogen and oxygen atoms in total. The van der Waals surface area contributed by atoms with Crippen molar-refractivity contribution in [3.63, 3.8) is 0 Å². The Morgan fingerprint density at radius 1 is 1.67 bits per heavy atom. The minimum atomic E-state index is 0.277. The van der Waals surface area contributed by atoms with Crippen LogP contribution in [-0.2, 0) is 5.75 Å².